The molecule has 2 aromatic rings. The number of aryl methyl sites for hydroxylation is 1. The zero-order chi connectivity index (χ0) is 10.3. The van der Waals surface area contributed by atoms with Gasteiger partial charge in [0.15, 0.2) is 0 Å². The molecule has 1 aliphatic heterocycles. The number of nitrogens with zero attached hydrogens (tertiary/aromatic N) is 2. The van der Waals surface area contributed by atoms with Crippen molar-refractivity contribution >= 4 is 10.9 Å². The molecule has 1 saturated heterocycles. The van der Waals surface area contributed by atoms with E-state index in [0.29, 0.717) is 6.04 Å². The van der Waals surface area contributed by atoms with Gasteiger partial charge in [-0.25, -0.2) is 0 Å². The van der Waals surface area contributed by atoms with E-state index in [1.807, 2.05) is 0 Å². The van der Waals surface area contributed by atoms with Crippen molar-refractivity contribution in [2.24, 2.45) is 0 Å². The first-order valence-corrected chi connectivity index (χ1v) is 5.36. The van der Waals surface area contributed by atoms with Crippen LogP contribution in [-0.4, -0.2) is 23.0 Å². The van der Waals surface area contributed by atoms with Crippen LogP contribution in [0.2, 0.25) is 0 Å². The smallest absolute Gasteiger partial charge is 0.0923 e. The maximum absolute atomic E-state index is 5.37. The highest BCUT2D eigenvalue weighted by molar-refractivity contribution is 5.78. The molecule has 1 aliphatic rings. The van der Waals surface area contributed by atoms with Crippen molar-refractivity contribution in [2.45, 2.75) is 19.4 Å². The lowest BCUT2D eigenvalue weighted by Crippen LogP contribution is -2.08. The Kier molecular flexibility index (Phi) is 1.99. The molecule has 0 bridgehead atoms. The molecular weight excluding hydrogens is 188 g/mol. The first-order chi connectivity index (χ1) is 7.33. The van der Waals surface area contributed by atoms with Crippen molar-refractivity contribution < 1.29 is 4.74 Å². The Morgan fingerprint density at radius 2 is 2.40 bits per heavy atom. The van der Waals surface area contributed by atoms with Crippen LogP contribution >= 0.6 is 0 Å². The average molecular weight is 202 g/mol. The number of hydrogen-bond acceptors (Lipinski definition) is 2. The highest BCUT2D eigenvalue weighted by Gasteiger charge is 2.18. The van der Waals surface area contributed by atoms with Gasteiger partial charge in [0.05, 0.1) is 18.2 Å². The minimum atomic E-state index is 0.428. The van der Waals surface area contributed by atoms with Crippen LogP contribution in [0.15, 0.2) is 24.4 Å². The van der Waals surface area contributed by atoms with Crippen molar-refractivity contribution in [1.82, 2.24) is 9.78 Å². The molecule has 0 radical (unpaired) electrons. The SMILES string of the molecule is Cc1ccc2nn(C3CCOC3)cc2c1. The number of ether oxygens (including phenoxy) is 1. The normalized spacial score (nSPS) is 21.3. The summed E-state index contributed by atoms with van der Waals surface area (Å²) in [6.07, 6.45) is 3.20. The van der Waals surface area contributed by atoms with Crippen molar-refractivity contribution in [3.05, 3.63) is 30.0 Å². The third-order valence-electron chi connectivity index (χ3n) is 2.96. The fourth-order valence-corrected chi connectivity index (χ4v) is 2.08. The second kappa shape index (κ2) is 3.35. The van der Waals surface area contributed by atoms with E-state index in [0.717, 1.165) is 25.2 Å². The summed E-state index contributed by atoms with van der Waals surface area (Å²) < 4.78 is 7.42. The van der Waals surface area contributed by atoms with Gasteiger partial charge >= 0.3 is 0 Å². The summed E-state index contributed by atoms with van der Waals surface area (Å²) in [7, 11) is 0. The van der Waals surface area contributed by atoms with E-state index in [2.05, 4.69) is 41.1 Å². The first kappa shape index (κ1) is 8.92. The van der Waals surface area contributed by atoms with E-state index < -0.39 is 0 Å². The summed E-state index contributed by atoms with van der Waals surface area (Å²) in [5.74, 6) is 0. The van der Waals surface area contributed by atoms with Crippen LogP contribution in [0.25, 0.3) is 10.9 Å². The van der Waals surface area contributed by atoms with Crippen LogP contribution in [-0.2, 0) is 4.74 Å². The molecule has 0 aliphatic carbocycles. The molecule has 3 nitrogen and oxygen atoms in total. The van der Waals surface area contributed by atoms with Crippen LogP contribution < -0.4 is 0 Å². The first-order valence-electron chi connectivity index (χ1n) is 5.36. The van der Waals surface area contributed by atoms with Gasteiger partial charge in [-0.05, 0) is 25.5 Å². The van der Waals surface area contributed by atoms with Crippen LogP contribution in [0.4, 0.5) is 0 Å². The number of hydrogen-bond donors (Lipinski definition) is 0. The summed E-state index contributed by atoms with van der Waals surface area (Å²) in [5, 5.41) is 5.80. The van der Waals surface area contributed by atoms with Crippen molar-refractivity contribution in [3.8, 4) is 0 Å². The Morgan fingerprint density at radius 1 is 1.47 bits per heavy atom. The van der Waals surface area contributed by atoms with Gasteiger partial charge in [0, 0.05) is 18.2 Å². The molecule has 1 aromatic heterocycles. The molecule has 0 spiro atoms. The lowest BCUT2D eigenvalue weighted by molar-refractivity contribution is 0.184. The molecule has 1 aromatic carbocycles. The molecule has 2 heterocycles. The quantitative estimate of drug-likeness (QED) is 0.709. The Hall–Kier alpha value is -1.35. The Morgan fingerprint density at radius 3 is 3.20 bits per heavy atom. The molecule has 0 N–H and O–H groups in total. The van der Waals surface area contributed by atoms with Crippen LogP contribution in [0, 0.1) is 6.92 Å². The highest BCUT2D eigenvalue weighted by atomic mass is 16.5. The highest BCUT2D eigenvalue weighted by Crippen LogP contribution is 2.21. The molecule has 15 heavy (non-hydrogen) atoms. The molecule has 0 amide bonds. The number of aromatic nitrogens is 2. The maximum Gasteiger partial charge on any atom is 0.0923 e. The van der Waals surface area contributed by atoms with Crippen molar-refractivity contribution in [1.29, 1.82) is 0 Å². The van der Waals surface area contributed by atoms with Crippen molar-refractivity contribution in [3.63, 3.8) is 0 Å². The molecule has 1 atom stereocenters. The predicted molar refractivity (Wildman–Crippen MR) is 58.9 cm³/mol. The molecule has 3 rings (SSSR count). The van der Waals surface area contributed by atoms with Crippen LogP contribution in [0.5, 0.6) is 0 Å². The van der Waals surface area contributed by atoms with Gasteiger partial charge in [0.25, 0.3) is 0 Å². The van der Waals surface area contributed by atoms with Crippen LogP contribution in [0.3, 0.4) is 0 Å². The third kappa shape index (κ3) is 1.53. The minimum Gasteiger partial charge on any atom is -0.379 e. The lowest BCUT2D eigenvalue weighted by Gasteiger charge is -2.06. The standard InChI is InChI=1S/C12H14N2O/c1-9-2-3-12-10(6-9)7-14(13-12)11-4-5-15-8-11/h2-3,6-7,11H,4-5,8H2,1H3. The van der Waals surface area contributed by atoms with E-state index in [1.165, 1.54) is 10.9 Å². The predicted octanol–water partition coefficient (Wildman–Crippen LogP) is 2.31. The van der Waals surface area contributed by atoms with Gasteiger partial charge in [-0.2, -0.15) is 5.10 Å². The Balaban J connectivity index is 2.05. The van der Waals surface area contributed by atoms with E-state index in [-0.39, 0.29) is 0 Å². The molecule has 1 fully saturated rings. The van der Waals surface area contributed by atoms with E-state index in [9.17, 15) is 0 Å². The Bertz CT molecular complexity index is 483. The van der Waals surface area contributed by atoms with Gasteiger partial charge in [-0.1, -0.05) is 11.6 Å². The Labute approximate surface area is 88.7 Å². The molecule has 78 valence electrons. The van der Waals surface area contributed by atoms with Gasteiger partial charge in [-0.3, -0.25) is 4.68 Å². The monoisotopic (exact) mass is 202 g/mol. The van der Waals surface area contributed by atoms with Gasteiger partial charge in [0.2, 0.25) is 0 Å². The summed E-state index contributed by atoms with van der Waals surface area (Å²) >= 11 is 0. The fraction of sp³-hybridized carbons (Fsp3) is 0.417. The van der Waals surface area contributed by atoms with Gasteiger partial charge < -0.3 is 4.74 Å². The van der Waals surface area contributed by atoms with Gasteiger partial charge in [0.1, 0.15) is 0 Å². The van der Waals surface area contributed by atoms with Crippen molar-refractivity contribution in [2.75, 3.05) is 13.2 Å². The number of rotatable bonds is 1. The summed E-state index contributed by atoms with van der Waals surface area (Å²) in [6, 6.07) is 6.79. The number of benzene rings is 1. The topological polar surface area (TPSA) is 27.1 Å². The largest absolute Gasteiger partial charge is 0.379 e. The zero-order valence-corrected chi connectivity index (χ0v) is 8.81. The van der Waals surface area contributed by atoms with E-state index >= 15 is 0 Å². The second-order valence-electron chi connectivity index (χ2n) is 4.19. The van der Waals surface area contributed by atoms with Gasteiger partial charge in [-0.15, -0.1) is 0 Å². The summed E-state index contributed by atoms with van der Waals surface area (Å²) in [6.45, 7) is 3.77. The van der Waals surface area contributed by atoms with E-state index in [4.69, 9.17) is 4.74 Å². The van der Waals surface area contributed by atoms with Crippen LogP contribution in [0.1, 0.15) is 18.0 Å². The summed E-state index contributed by atoms with van der Waals surface area (Å²) in [4.78, 5) is 0. The lowest BCUT2D eigenvalue weighted by atomic mass is 10.2. The summed E-state index contributed by atoms with van der Waals surface area (Å²) in [5.41, 5.74) is 2.36. The second-order valence-corrected chi connectivity index (χ2v) is 4.19. The molecule has 0 saturated carbocycles. The molecular formula is C12H14N2O. The molecule has 3 heteroatoms. The molecule has 1 unspecified atom stereocenters. The third-order valence-corrected chi connectivity index (χ3v) is 2.96. The average Bonchev–Trinajstić information content (AvgIpc) is 2.84. The minimum absolute atomic E-state index is 0.428. The number of fused-ring (bicyclic) bond motifs is 1. The zero-order valence-electron chi connectivity index (χ0n) is 8.81. The fourth-order valence-electron chi connectivity index (χ4n) is 2.08. The maximum atomic E-state index is 5.37. The van der Waals surface area contributed by atoms with E-state index in [1.54, 1.807) is 0 Å².